The fraction of sp³-hybridized carbons (Fsp3) is 0.263. The Morgan fingerprint density at radius 3 is 2.85 bits per heavy atom. The molecule has 0 fully saturated rings. The topological polar surface area (TPSA) is 101 Å². The van der Waals surface area contributed by atoms with E-state index in [4.69, 9.17) is 9.47 Å². The summed E-state index contributed by atoms with van der Waals surface area (Å²) >= 11 is 0. The molecule has 1 aromatic heterocycles. The van der Waals surface area contributed by atoms with Gasteiger partial charge in [-0.25, -0.2) is 4.98 Å². The van der Waals surface area contributed by atoms with Crippen LogP contribution in [0.25, 0.3) is 0 Å². The third-order valence-electron chi connectivity index (χ3n) is 4.39. The van der Waals surface area contributed by atoms with Crippen molar-refractivity contribution >= 4 is 17.6 Å². The normalized spacial score (nSPS) is 17.8. The van der Waals surface area contributed by atoms with E-state index in [2.05, 4.69) is 16.4 Å². The van der Waals surface area contributed by atoms with E-state index in [1.54, 1.807) is 36.5 Å². The van der Waals surface area contributed by atoms with Gasteiger partial charge in [-0.3, -0.25) is 9.59 Å². The second-order valence-electron chi connectivity index (χ2n) is 5.77. The van der Waals surface area contributed by atoms with E-state index in [-0.39, 0.29) is 18.2 Å². The number of esters is 1. The van der Waals surface area contributed by atoms with Crippen molar-refractivity contribution in [1.29, 1.82) is 5.26 Å². The van der Waals surface area contributed by atoms with Crippen LogP contribution in [0.2, 0.25) is 0 Å². The molecule has 0 spiro atoms. The largest absolute Gasteiger partial charge is 0.478 e. The number of nitrogens with one attached hydrogen (secondary N) is 1. The molecule has 26 heavy (non-hydrogen) atoms. The molecule has 1 aromatic carbocycles. The Hall–Kier alpha value is -3.40. The maximum atomic E-state index is 13.1. The molecule has 2 aromatic rings. The first-order valence-corrected chi connectivity index (χ1v) is 8.08. The summed E-state index contributed by atoms with van der Waals surface area (Å²) in [5.74, 6) is -0.673. The predicted octanol–water partition coefficient (Wildman–Crippen LogP) is 2.15. The molecule has 0 saturated heterocycles. The number of hydrogen-bond donors (Lipinski definition) is 1. The van der Waals surface area contributed by atoms with E-state index in [0.717, 1.165) is 0 Å². The average molecular weight is 351 g/mol. The van der Waals surface area contributed by atoms with Gasteiger partial charge < -0.3 is 14.8 Å². The number of rotatable bonds is 5. The summed E-state index contributed by atoms with van der Waals surface area (Å²) in [6.45, 7) is 2.16. The summed E-state index contributed by atoms with van der Waals surface area (Å²) in [6.07, 6.45) is 1.32. The summed E-state index contributed by atoms with van der Waals surface area (Å²) < 4.78 is 10.4. The fourth-order valence-electron chi connectivity index (χ4n) is 3.22. The van der Waals surface area contributed by atoms with Crippen molar-refractivity contribution in [3.63, 3.8) is 0 Å². The van der Waals surface area contributed by atoms with Crippen LogP contribution in [-0.2, 0) is 19.7 Å². The molecule has 7 heteroatoms. The summed E-state index contributed by atoms with van der Waals surface area (Å²) in [5.41, 5.74) is 0.536. The number of fused-ring (bicyclic) bond motifs is 1. The number of ether oxygens (including phenoxy) is 2. The molecule has 1 aliphatic rings. The number of hydrogen-bond acceptors (Lipinski definition) is 6. The van der Waals surface area contributed by atoms with E-state index < -0.39 is 11.4 Å². The molecule has 0 radical (unpaired) electrons. The van der Waals surface area contributed by atoms with Gasteiger partial charge >= 0.3 is 5.97 Å². The van der Waals surface area contributed by atoms with Gasteiger partial charge in [0, 0.05) is 17.4 Å². The molecule has 1 unspecified atom stereocenters. The quantitative estimate of drug-likeness (QED) is 0.828. The first kappa shape index (κ1) is 17.4. The Morgan fingerprint density at radius 2 is 2.15 bits per heavy atom. The number of carbonyl (C=O) groups excluding carboxylic acids is 2. The standard InChI is InChI=1S/C19H17N3O4/c1-3-26-17-13(5-4-8-21-17)19(10-16(23)25-2)14-9-12(11-20)6-7-15(14)22-18(19)24/h4-9H,3,10H2,1-2H3,(H,22,24). The molecule has 0 saturated carbocycles. The second kappa shape index (κ2) is 6.84. The molecule has 0 aliphatic carbocycles. The maximum Gasteiger partial charge on any atom is 0.307 e. The Kier molecular flexibility index (Phi) is 4.59. The minimum absolute atomic E-state index is 0.233. The van der Waals surface area contributed by atoms with E-state index in [0.29, 0.717) is 29.0 Å². The Balaban J connectivity index is 2.31. The number of nitriles is 1. The van der Waals surface area contributed by atoms with E-state index >= 15 is 0 Å². The number of amides is 1. The molecule has 7 nitrogen and oxygen atoms in total. The van der Waals surface area contributed by atoms with Crippen LogP contribution in [0.4, 0.5) is 5.69 Å². The molecular formula is C19H17N3O4. The summed E-state index contributed by atoms with van der Waals surface area (Å²) in [6, 6.07) is 10.3. The van der Waals surface area contributed by atoms with Gasteiger partial charge in [-0.15, -0.1) is 0 Å². The monoisotopic (exact) mass is 351 g/mol. The van der Waals surface area contributed by atoms with Gasteiger partial charge in [-0.1, -0.05) is 6.07 Å². The average Bonchev–Trinajstić information content (AvgIpc) is 2.94. The minimum atomic E-state index is -1.38. The fourth-order valence-corrected chi connectivity index (χ4v) is 3.22. The van der Waals surface area contributed by atoms with Crippen LogP contribution >= 0.6 is 0 Å². The Morgan fingerprint density at radius 1 is 1.35 bits per heavy atom. The van der Waals surface area contributed by atoms with Gasteiger partial charge in [0.05, 0.1) is 31.8 Å². The molecule has 1 N–H and O–H groups in total. The van der Waals surface area contributed by atoms with Crippen molar-refractivity contribution in [3.05, 3.63) is 53.2 Å². The van der Waals surface area contributed by atoms with Crippen LogP contribution in [0.5, 0.6) is 5.88 Å². The zero-order valence-electron chi connectivity index (χ0n) is 14.4. The van der Waals surface area contributed by atoms with Crippen molar-refractivity contribution in [2.24, 2.45) is 0 Å². The van der Waals surface area contributed by atoms with Crippen molar-refractivity contribution in [2.45, 2.75) is 18.8 Å². The number of pyridine rings is 1. The van der Waals surface area contributed by atoms with Crippen LogP contribution < -0.4 is 10.1 Å². The third-order valence-corrected chi connectivity index (χ3v) is 4.39. The number of aromatic nitrogens is 1. The zero-order valence-corrected chi connectivity index (χ0v) is 14.4. The third kappa shape index (κ3) is 2.65. The molecule has 1 aliphatic heterocycles. The summed E-state index contributed by atoms with van der Waals surface area (Å²) in [4.78, 5) is 29.5. The lowest BCUT2D eigenvalue weighted by Crippen LogP contribution is -2.39. The van der Waals surface area contributed by atoms with E-state index in [1.165, 1.54) is 7.11 Å². The van der Waals surface area contributed by atoms with E-state index in [9.17, 15) is 14.9 Å². The lowest BCUT2D eigenvalue weighted by molar-refractivity contribution is -0.143. The molecular weight excluding hydrogens is 334 g/mol. The van der Waals surface area contributed by atoms with Crippen LogP contribution in [-0.4, -0.2) is 30.6 Å². The number of anilines is 1. The molecule has 3 rings (SSSR count). The van der Waals surface area contributed by atoms with Gasteiger partial charge in [-0.05, 0) is 36.8 Å². The van der Waals surface area contributed by atoms with Gasteiger partial charge in [0.15, 0.2) is 0 Å². The summed E-state index contributed by atoms with van der Waals surface area (Å²) in [7, 11) is 1.27. The van der Waals surface area contributed by atoms with Gasteiger partial charge in [-0.2, -0.15) is 5.26 Å². The highest BCUT2D eigenvalue weighted by Crippen LogP contribution is 2.48. The highest BCUT2D eigenvalue weighted by Gasteiger charge is 2.52. The maximum absolute atomic E-state index is 13.1. The van der Waals surface area contributed by atoms with Gasteiger partial charge in [0.25, 0.3) is 0 Å². The smallest absolute Gasteiger partial charge is 0.307 e. The molecule has 1 amide bonds. The minimum Gasteiger partial charge on any atom is -0.478 e. The highest BCUT2D eigenvalue weighted by atomic mass is 16.5. The van der Waals surface area contributed by atoms with Crippen LogP contribution in [0.1, 0.15) is 30.0 Å². The molecule has 132 valence electrons. The van der Waals surface area contributed by atoms with Gasteiger partial charge in [0.2, 0.25) is 11.8 Å². The molecule has 2 heterocycles. The van der Waals surface area contributed by atoms with Crippen molar-refractivity contribution in [1.82, 2.24) is 4.98 Å². The lowest BCUT2D eigenvalue weighted by atomic mass is 9.72. The lowest BCUT2D eigenvalue weighted by Gasteiger charge is -2.28. The Bertz CT molecular complexity index is 919. The number of benzene rings is 1. The van der Waals surface area contributed by atoms with Gasteiger partial charge in [0.1, 0.15) is 5.41 Å². The SMILES string of the molecule is CCOc1ncccc1C1(CC(=O)OC)C(=O)Nc2ccc(C#N)cc21. The number of methoxy groups -OCH3 is 1. The van der Waals surface area contributed by atoms with Crippen LogP contribution in [0.3, 0.4) is 0 Å². The predicted molar refractivity (Wildman–Crippen MR) is 92.6 cm³/mol. The molecule has 0 bridgehead atoms. The van der Waals surface area contributed by atoms with Crippen molar-refractivity contribution in [3.8, 4) is 11.9 Å². The summed E-state index contributed by atoms with van der Waals surface area (Å²) in [5, 5.41) is 12.1. The first-order chi connectivity index (χ1) is 12.6. The van der Waals surface area contributed by atoms with Crippen molar-refractivity contribution < 1.29 is 19.1 Å². The van der Waals surface area contributed by atoms with Crippen LogP contribution in [0, 0.1) is 11.3 Å². The zero-order chi connectivity index (χ0) is 18.7. The second-order valence-corrected chi connectivity index (χ2v) is 5.77. The number of carbonyl (C=O) groups is 2. The van der Waals surface area contributed by atoms with E-state index in [1.807, 2.05) is 6.92 Å². The van der Waals surface area contributed by atoms with Crippen LogP contribution in [0.15, 0.2) is 36.5 Å². The highest BCUT2D eigenvalue weighted by molar-refractivity contribution is 6.11. The number of nitrogens with zero attached hydrogens (tertiary/aromatic N) is 2. The molecule has 1 atom stereocenters. The Labute approximate surface area is 150 Å². The van der Waals surface area contributed by atoms with Crippen molar-refractivity contribution in [2.75, 3.05) is 19.0 Å². The first-order valence-electron chi connectivity index (χ1n) is 8.08.